The van der Waals surface area contributed by atoms with E-state index >= 15 is 0 Å². The minimum Gasteiger partial charge on any atom is -0.230 e. The largest absolute Gasteiger partial charge is 0.230 e. The molecule has 1 aromatic rings. The Morgan fingerprint density at radius 3 is 2.00 bits per heavy atom. The number of rotatable bonds is 0. The fraction of sp³-hybridized carbons (Fsp3) is 0.500. The SMILES string of the molecule is CC(C)(C)c1cnc(Br)nc1. The Balaban J connectivity index is 2.99. The zero-order valence-electron chi connectivity index (χ0n) is 6.93. The van der Waals surface area contributed by atoms with Crippen LogP contribution in [0.1, 0.15) is 26.3 Å². The number of hydrogen-bond acceptors (Lipinski definition) is 2. The van der Waals surface area contributed by atoms with Gasteiger partial charge in [-0.15, -0.1) is 0 Å². The Bertz CT molecular complexity index is 235. The Labute approximate surface area is 75.2 Å². The molecule has 0 aromatic carbocycles. The third-order valence-corrected chi connectivity index (χ3v) is 1.90. The molecule has 0 spiro atoms. The van der Waals surface area contributed by atoms with Crippen molar-refractivity contribution in [3.63, 3.8) is 0 Å². The van der Waals surface area contributed by atoms with E-state index in [9.17, 15) is 0 Å². The van der Waals surface area contributed by atoms with Crippen LogP contribution < -0.4 is 0 Å². The standard InChI is InChI=1S/C8H11BrN2/c1-8(2,3)6-4-10-7(9)11-5-6/h4-5H,1-3H3. The van der Waals surface area contributed by atoms with Crippen LogP contribution in [0.4, 0.5) is 0 Å². The third kappa shape index (κ3) is 2.26. The van der Waals surface area contributed by atoms with E-state index in [2.05, 4.69) is 46.7 Å². The van der Waals surface area contributed by atoms with Crippen molar-refractivity contribution in [2.24, 2.45) is 0 Å². The van der Waals surface area contributed by atoms with Crippen LogP contribution in [-0.2, 0) is 5.41 Å². The molecule has 0 fully saturated rings. The lowest BCUT2D eigenvalue weighted by atomic mass is 9.89. The minimum atomic E-state index is 0.140. The van der Waals surface area contributed by atoms with Gasteiger partial charge >= 0.3 is 0 Å². The fourth-order valence-corrected chi connectivity index (χ4v) is 0.904. The number of halogens is 1. The van der Waals surface area contributed by atoms with E-state index in [0.29, 0.717) is 4.73 Å². The molecule has 0 atom stereocenters. The summed E-state index contributed by atoms with van der Waals surface area (Å²) in [5.41, 5.74) is 1.29. The van der Waals surface area contributed by atoms with E-state index in [1.165, 1.54) is 0 Å². The van der Waals surface area contributed by atoms with Crippen molar-refractivity contribution < 1.29 is 0 Å². The van der Waals surface area contributed by atoms with Crippen molar-refractivity contribution >= 4 is 15.9 Å². The van der Waals surface area contributed by atoms with Crippen LogP contribution in [0.2, 0.25) is 0 Å². The molecular formula is C8H11BrN2. The van der Waals surface area contributed by atoms with E-state index in [-0.39, 0.29) is 5.41 Å². The molecule has 1 heterocycles. The monoisotopic (exact) mass is 214 g/mol. The molecule has 0 radical (unpaired) electrons. The molecule has 3 heteroatoms. The Hall–Kier alpha value is -0.440. The molecule has 0 bridgehead atoms. The molecule has 0 unspecified atom stereocenters. The molecule has 1 aromatic heterocycles. The Kier molecular flexibility index (Phi) is 2.28. The van der Waals surface area contributed by atoms with Gasteiger partial charge in [-0.25, -0.2) is 9.97 Å². The summed E-state index contributed by atoms with van der Waals surface area (Å²) in [6.45, 7) is 6.42. The summed E-state index contributed by atoms with van der Waals surface area (Å²) in [5.74, 6) is 0. The van der Waals surface area contributed by atoms with Gasteiger partial charge in [0.2, 0.25) is 0 Å². The summed E-state index contributed by atoms with van der Waals surface area (Å²) in [5, 5.41) is 0. The predicted molar refractivity (Wildman–Crippen MR) is 48.4 cm³/mol. The van der Waals surface area contributed by atoms with Gasteiger partial charge in [0.1, 0.15) is 0 Å². The highest BCUT2D eigenvalue weighted by molar-refractivity contribution is 9.10. The second kappa shape index (κ2) is 2.89. The van der Waals surface area contributed by atoms with Crippen molar-refractivity contribution in [1.82, 2.24) is 9.97 Å². The highest BCUT2D eigenvalue weighted by Gasteiger charge is 2.13. The van der Waals surface area contributed by atoms with Crippen molar-refractivity contribution in [1.29, 1.82) is 0 Å². The lowest BCUT2D eigenvalue weighted by Gasteiger charge is -2.17. The zero-order valence-corrected chi connectivity index (χ0v) is 8.51. The van der Waals surface area contributed by atoms with Crippen LogP contribution in [0.3, 0.4) is 0 Å². The highest BCUT2D eigenvalue weighted by atomic mass is 79.9. The van der Waals surface area contributed by atoms with Crippen molar-refractivity contribution in [3.8, 4) is 0 Å². The summed E-state index contributed by atoms with van der Waals surface area (Å²) >= 11 is 3.19. The molecule has 60 valence electrons. The molecule has 1 rings (SSSR count). The fourth-order valence-electron chi connectivity index (χ4n) is 0.700. The van der Waals surface area contributed by atoms with Crippen LogP contribution >= 0.6 is 15.9 Å². The molecule has 0 aliphatic carbocycles. The maximum Gasteiger partial charge on any atom is 0.196 e. The van der Waals surface area contributed by atoms with Crippen LogP contribution in [0.5, 0.6) is 0 Å². The van der Waals surface area contributed by atoms with Crippen molar-refractivity contribution in [2.45, 2.75) is 26.2 Å². The topological polar surface area (TPSA) is 25.8 Å². The lowest BCUT2D eigenvalue weighted by molar-refractivity contribution is 0.583. The first-order chi connectivity index (χ1) is 5.00. The average molecular weight is 215 g/mol. The van der Waals surface area contributed by atoms with E-state index in [1.54, 1.807) is 0 Å². The van der Waals surface area contributed by atoms with Gasteiger partial charge in [0.15, 0.2) is 4.73 Å². The van der Waals surface area contributed by atoms with Crippen molar-refractivity contribution in [3.05, 3.63) is 22.7 Å². The first-order valence-corrected chi connectivity index (χ1v) is 4.27. The van der Waals surface area contributed by atoms with Crippen LogP contribution in [0.25, 0.3) is 0 Å². The smallest absolute Gasteiger partial charge is 0.196 e. The molecule has 11 heavy (non-hydrogen) atoms. The quantitative estimate of drug-likeness (QED) is 0.621. The number of nitrogens with zero attached hydrogens (tertiary/aromatic N) is 2. The molecular weight excluding hydrogens is 204 g/mol. The zero-order chi connectivity index (χ0) is 8.48. The summed E-state index contributed by atoms with van der Waals surface area (Å²) in [6, 6.07) is 0. The van der Waals surface area contributed by atoms with Gasteiger partial charge in [-0.3, -0.25) is 0 Å². The first-order valence-electron chi connectivity index (χ1n) is 3.48. The van der Waals surface area contributed by atoms with E-state index < -0.39 is 0 Å². The summed E-state index contributed by atoms with van der Waals surface area (Å²) in [4.78, 5) is 8.10. The van der Waals surface area contributed by atoms with Gasteiger partial charge in [-0.1, -0.05) is 20.8 Å². The molecule has 0 saturated heterocycles. The van der Waals surface area contributed by atoms with Crippen LogP contribution in [0.15, 0.2) is 17.1 Å². The second-order valence-corrected chi connectivity index (χ2v) is 4.20. The van der Waals surface area contributed by atoms with Gasteiger partial charge in [0.05, 0.1) is 0 Å². The predicted octanol–water partition coefficient (Wildman–Crippen LogP) is 2.54. The molecule has 0 aliphatic rings. The van der Waals surface area contributed by atoms with E-state index in [0.717, 1.165) is 5.56 Å². The second-order valence-electron chi connectivity index (χ2n) is 3.49. The van der Waals surface area contributed by atoms with E-state index in [4.69, 9.17) is 0 Å². The summed E-state index contributed by atoms with van der Waals surface area (Å²) in [6.07, 6.45) is 3.69. The third-order valence-electron chi connectivity index (χ3n) is 1.49. The summed E-state index contributed by atoms with van der Waals surface area (Å²) in [7, 11) is 0. The van der Waals surface area contributed by atoms with Gasteiger partial charge in [0.25, 0.3) is 0 Å². The molecule has 0 N–H and O–H groups in total. The normalized spacial score (nSPS) is 11.6. The minimum absolute atomic E-state index is 0.140. The molecule has 0 saturated carbocycles. The van der Waals surface area contributed by atoms with Gasteiger partial charge in [-0.2, -0.15) is 0 Å². The molecule has 0 amide bonds. The first kappa shape index (κ1) is 8.65. The Morgan fingerprint density at radius 1 is 1.18 bits per heavy atom. The van der Waals surface area contributed by atoms with Gasteiger partial charge in [0, 0.05) is 12.4 Å². The maximum absolute atomic E-state index is 4.05. The highest BCUT2D eigenvalue weighted by Crippen LogP contribution is 2.20. The van der Waals surface area contributed by atoms with Gasteiger partial charge in [-0.05, 0) is 26.9 Å². The Morgan fingerprint density at radius 2 is 1.64 bits per heavy atom. The van der Waals surface area contributed by atoms with Crippen LogP contribution in [-0.4, -0.2) is 9.97 Å². The molecule has 0 aliphatic heterocycles. The average Bonchev–Trinajstić information content (AvgIpc) is 1.86. The van der Waals surface area contributed by atoms with Gasteiger partial charge < -0.3 is 0 Å². The van der Waals surface area contributed by atoms with E-state index in [1.807, 2.05) is 12.4 Å². The lowest BCUT2D eigenvalue weighted by Crippen LogP contribution is -2.11. The maximum atomic E-state index is 4.05. The number of hydrogen-bond donors (Lipinski definition) is 0. The van der Waals surface area contributed by atoms with Crippen LogP contribution in [0, 0.1) is 0 Å². The molecule has 2 nitrogen and oxygen atoms in total. The number of aromatic nitrogens is 2. The summed E-state index contributed by atoms with van der Waals surface area (Å²) < 4.78 is 0.644. The van der Waals surface area contributed by atoms with Crippen molar-refractivity contribution in [2.75, 3.05) is 0 Å².